The Kier molecular flexibility index (Phi) is 4.86. The number of nitrogen functional groups attached to an aromatic ring is 1. The second-order valence-corrected chi connectivity index (χ2v) is 5.72. The zero-order valence-electron chi connectivity index (χ0n) is 9.09. The Morgan fingerprint density at radius 3 is 2.58 bits per heavy atom. The third kappa shape index (κ3) is 3.63. The Hall–Kier alpha value is -1.22. The van der Waals surface area contributed by atoms with E-state index in [2.05, 4.69) is 19.9 Å². The summed E-state index contributed by atoms with van der Waals surface area (Å²) < 4.78 is 26.1. The summed E-state index contributed by atoms with van der Waals surface area (Å²) in [6, 6.07) is 4.08. The van der Waals surface area contributed by atoms with Gasteiger partial charge in [0.05, 0.1) is 5.02 Å². The molecule has 0 atom stereocenters. The zero-order chi connectivity index (χ0) is 13.3. The van der Waals surface area contributed by atoms with Gasteiger partial charge in [-0.2, -0.15) is 4.98 Å². The number of H-pyrrole nitrogens is 1. The normalized spacial score (nSPS) is 10.8. The SMILES string of the molecule is Cl.Nc1nc(NS(=O)(=O)c2cc(Cl)ccc2Cl)n[nH]1. The van der Waals surface area contributed by atoms with Crippen molar-refractivity contribution in [2.24, 2.45) is 0 Å². The molecule has 1 heterocycles. The molecule has 0 aliphatic rings. The van der Waals surface area contributed by atoms with Gasteiger partial charge in [-0.3, -0.25) is 0 Å². The molecule has 2 aromatic rings. The second kappa shape index (κ2) is 5.83. The first-order valence-corrected chi connectivity index (χ1v) is 6.78. The van der Waals surface area contributed by atoms with Gasteiger partial charge < -0.3 is 5.73 Å². The van der Waals surface area contributed by atoms with Gasteiger partial charge in [0.25, 0.3) is 16.0 Å². The lowest BCUT2D eigenvalue weighted by Crippen LogP contribution is -2.14. The molecule has 7 nitrogen and oxygen atoms in total. The van der Waals surface area contributed by atoms with E-state index < -0.39 is 10.0 Å². The molecule has 0 spiro atoms. The largest absolute Gasteiger partial charge is 0.368 e. The van der Waals surface area contributed by atoms with Crippen molar-refractivity contribution in [1.82, 2.24) is 15.2 Å². The van der Waals surface area contributed by atoms with Crippen LogP contribution in [0, 0.1) is 0 Å². The van der Waals surface area contributed by atoms with Gasteiger partial charge in [-0.15, -0.1) is 17.5 Å². The first kappa shape index (κ1) is 15.8. The Balaban J connectivity index is 0.00000180. The van der Waals surface area contributed by atoms with Crippen LogP contribution in [0.4, 0.5) is 11.9 Å². The number of hydrogen-bond acceptors (Lipinski definition) is 5. The summed E-state index contributed by atoms with van der Waals surface area (Å²) >= 11 is 11.5. The number of halogens is 3. The van der Waals surface area contributed by atoms with Crippen LogP contribution in [-0.4, -0.2) is 23.6 Å². The smallest absolute Gasteiger partial charge is 0.265 e. The van der Waals surface area contributed by atoms with Crippen molar-refractivity contribution >= 4 is 57.5 Å². The lowest BCUT2D eigenvalue weighted by atomic mass is 10.4. The van der Waals surface area contributed by atoms with Crippen LogP contribution < -0.4 is 10.5 Å². The summed E-state index contributed by atoms with van der Waals surface area (Å²) in [7, 11) is -3.92. The molecule has 0 bridgehead atoms. The van der Waals surface area contributed by atoms with Crippen LogP contribution in [0.15, 0.2) is 23.1 Å². The number of rotatable bonds is 3. The maximum atomic E-state index is 12.0. The summed E-state index contributed by atoms with van der Waals surface area (Å²) in [5.74, 6) is -0.187. The van der Waals surface area contributed by atoms with E-state index in [-0.39, 0.29) is 39.2 Å². The number of benzene rings is 1. The second-order valence-electron chi connectivity index (χ2n) is 3.22. The van der Waals surface area contributed by atoms with E-state index in [1.807, 2.05) is 0 Å². The Bertz CT molecular complexity index is 687. The van der Waals surface area contributed by atoms with Crippen molar-refractivity contribution < 1.29 is 8.42 Å². The molecule has 0 radical (unpaired) electrons. The number of aromatic amines is 1. The van der Waals surface area contributed by atoms with Crippen molar-refractivity contribution in [2.75, 3.05) is 10.5 Å². The summed E-state index contributed by atoms with van der Waals surface area (Å²) in [5.41, 5.74) is 5.28. The summed E-state index contributed by atoms with van der Waals surface area (Å²) in [6.07, 6.45) is 0. The highest BCUT2D eigenvalue weighted by Crippen LogP contribution is 2.26. The van der Waals surface area contributed by atoms with E-state index in [4.69, 9.17) is 28.9 Å². The van der Waals surface area contributed by atoms with Gasteiger partial charge in [-0.25, -0.2) is 18.2 Å². The Morgan fingerprint density at radius 2 is 2.00 bits per heavy atom. The van der Waals surface area contributed by atoms with E-state index in [0.717, 1.165) is 0 Å². The van der Waals surface area contributed by atoms with Crippen molar-refractivity contribution in [3.63, 3.8) is 0 Å². The van der Waals surface area contributed by atoms with Crippen molar-refractivity contribution in [3.8, 4) is 0 Å². The van der Waals surface area contributed by atoms with Gasteiger partial charge in [0.15, 0.2) is 0 Å². The standard InChI is InChI=1S/C8H7Cl2N5O2S.ClH/c9-4-1-2-5(10)6(3-4)18(16,17)15-8-12-7(11)13-14-8;/h1-3H,(H4,11,12,13,14,15);1H. The van der Waals surface area contributed by atoms with Gasteiger partial charge in [-0.1, -0.05) is 23.2 Å². The van der Waals surface area contributed by atoms with Crippen LogP contribution in [0.25, 0.3) is 0 Å². The van der Waals surface area contributed by atoms with Crippen molar-refractivity contribution in [1.29, 1.82) is 0 Å². The Morgan fingerprint density at radius 1 is 1.32 bits per heavy atom. The highest BCUT2D eigenvalue weighted by Gasteiger charge is 2.20. The molecule has 0 saturated carbocycles. The fourth-order valence-electron chi connectivity index (χ4n) is 1.18. The summed E-state index contributed by atoms with van der Waals surface area (Å²) in [6.45, 7) is 0. The number of nitrogens with two attached hydrogens (primary N) is 1. The predicted octanol–water partition coefficient (Wildman–Crippen LogP) is 1.92. The topological polar surface area (TPSA) is 114 Å². The van der Waals surface area contributed by atoms with Crippen LogP contribution in [0.3, 0.4) is 0 Å². The number of hydrogen-bond donors (Lipinski definition) is 3. The molecule has 0 unspecified atom stereocenters. The molecule has 2 rings (SSSR count). The third-order valence-electron chi connectivity index (χ3n) is 1.91. The molecular formula is C8H8Cl3N5O2S. The minimum absolute atomic E-state index is 0. The average molecular weight is 345 g/mol. The molecule has 19 heavy (non-hydrogen) atoms. The van der Waals surface area contributed by atoms with Crippen molar-refractivity contribution in [2.45, 2.75) is 4.90 Å². The monoisotopic (exact) mass is 343 g/mol. The first-order valence-electron chi connectivity index (χ1n) is 4.54. The third-order valence-corrected chi connectivity index (χ3v) is 3.96. The molecule has 0 fully saturated rings. The van der Waals surface area contributed by atoms with Gasteiger partial charge >= 0.3 is 0 Å². The number of nitrogens with one attached hydrogen (secondary N) is 2. The first-order chi connectivity index (χ1) is 8.38. The maximum absolute atomic E-state index is 12.0. The molecular weight excluding hydrogens is 337 g/mol. The van der Waals surface area contributed by atoms with Crippen LogP contribution in [-0.2, 0) is 10.0 Å². The van der Waals surface area contributed by atoms with E-state index in [1.165, 1.54) is 18.2 Å². The van der Waals surface area contributed by atoms with E-state index in [1.54, 1.807) is 0 Å². The molecule has 1 aromatic carbocycles. The molecule has 0 aliphatic heterocycles. The average Bonchev–Trinajstić information content (AvgIpc) is 2.66. The number of nitrogens with zero attached hydrogens (tertiary/aromatic N) is 2. The lowest BCUT2D eigenvalue weighted by molar-refractivity contribution is 0.601. The molecule has 104 valence electrons. The quantitative estimate of drug-likeness (QED) is 0.787. The number of aromatic nitrogens is 3. The molecule has 0 amide bonds. The molecule has 1 aromatic heterocycles. The van der Waals surface area contributed by atoms with Crippen molar-refractivity contribution in [3.05, 3.63) is 28.2 Å². The summed E-state index contributed by atoms with van der Waals surface area (Å²) in [4.78, 5) is 3.45. The predicted molar refractivity (Wildman–Crippen MR) is 75.3 cm³/mol. The van der Waals surface area contributed by atoms with Crippen LogP contribution >= 0.6 is 35.6 Å². The van der Waals surface area contributed by atoms with Gasteiger partial charge in [0.2, 0.25) is 5.95 Å². The Labute approximate surface area is 125 Å². The van der Waals surface area contributed by atoms with Gasteiger partial charge in [0.1, 0.15) is 4.90 Å². The fraction of sp³-hybridized carbons (Fsp3) is 0. The molecule has 0 saturated heterocycles. The number of sulfonamides is 1. The molecule has 0 aliphatic carbocycles. The van der Waals surface area contributed by atoms with Gasteiger partial charge in [-0.05, 0) is 18.2 Å². The minimum Gasteiger partial charge on any atom is -0.368 e. The zero-order valence-corrected chi connectivity index (χ0v) is 12.2. The summed E-state index contributed by atoms with van der Waals surface area (Å²) in [5, 5.41) is 6.13. The van der Waals surface area contributed by atoms with Crippen LogP contribution in [0.1, 0.15) is 0 Å². The van der Waals surface area contributed by atoms with E-state index in [0.29, 0.717) is 0 Å². The molecule has 4 N–H and O–H groups in total. The molecule has 11 heteroatoms. The van der Waals surface area contributed by atoms with Gasteiger partial charge in [0, 0.05) is 5.02 Å². The lowest BCUT2D eigenvalue weighted by Gasteiger charge is -2.06. The van der Waals surface area contributed by atoms with E-state index >= 15 is 0 Å². The van der Waals surface area contributed by atoms with Crippen LogP contribution in [0.2, 0.25) is 10.0 Å². The van der Waals surface area contributed by atoms with Crippen LogP contribution in [0.5, 0.6) is 0 Å². The fourth-order valence-corrected chi connectivity index (χ4v) is 2.89. The number of anilines is 2. The van der Waals surface area contributed by atoms with E-state index in [9.17, 15) is 8.42 Å². The minimum atomic E-state index is -3.92. The maximum Gasteiger partial charge on any atom is 0.265 e. The highest BCUT2D eigenvalue weighted by molar-refractivity contribution is 7.92. The highest BCUT2D eigenvalue weighted by atomic mass is 35.5.